The number of aliphatic carboxylic acids is 1. The third-order valence-electron chi connectivity index (χ3n) is 1.67. The molecule has 0 saturated heterocycles. The van der Waals surface area contributed by atoms with Crippen LogP contribution in [0.4, 0.5) is 13.2 Å². The fourth-order valence-electron chi connectivity index (χ4n) is 1.13. The lowest BCUT2D eigenvalue weighted by molar-refractivity contribution is -0.136. The van der Waals surface area contributed by atoms with Gasteiger partial charge in [0.1, 0.15) is 12.4 Å². The highest BCUT2D eigenvalue weighted by Crippen LogP contribution is 2.19. The molecule has 0 aliphatic rings. The molecule has 0 spiro atoms. The van der Waals surface area contributed by atoms with Crippen LogP contribution in [0.3, 0.4) is 0 Å². The molecule has 0 aliphatic heterocycles. The van der Waals surface area contributed by atoms with E-state index in [1.165, 1.54) is 6.07 Å². The van der Waals surface area contributed by atoms with Gasteiger partial charge >= 0.3 is 5.97 Å². The van der Waals surface area contributed by atoms with Gasteiger partial charge in [-0.2, -0.15) is 0 Å². The van der Waals surface area contributed by atoms with Crippen molar-refractivity contribution < 1.29 is 23.1 Å². The van der Waals surface area contributed by atoms with Gasteiger partial charge in [0.05, 0.1) is 12.1 Å². The lowest BCUT2D eigenvalue weighted by Gasteiger charge is -2.04. The number of carbonyl (C=O) groups is 1. The van der Waals surface area contributed by atoms with Crippen molar-refractivity contribution >= 4 is 5.97 Å². The highest BCUT2D eigenvalue weighted by molar-refractivity contribution is 5.70. The summed E-state index contributed by atoms with van der Waals surface area (Å²) in [6, 6.07) is 2.14. The summed E-state index contributed by atoms with van der Waals surface area (Å²) in [7, 11) is 0. The summed E-state index contributed by atoms with van der Waals surface area (Å²) in [5, 5.41) is 8.46. The minimum atomic E-state index is -2.83. The summed E-state index contributed by atoms with van der Waals surface area (Å²) in [5.74, 6) is -1.16. The molecule has 1 aromatic heterocycles. The zero-order valence-electron chi connectivity index (χ0n) is 7.58. The Morgan fingerprint density at radius 3 is 2.60 bits per heavy atom. The predicted molar refractivity (Wildman–Crippen MR) is 45.3 cm³/mol. The van der Waals surface area contributed by atoms with Crippen LogP contribution in [0.25, 0.3) is 0 Å². The normalized spacial score (nSPS) is 10.7. The summed E-state index contributed by atoms with van der Waals surface area (Å²) < 4.78 is 36.8. The minimum absolute atomic E-state index is 0.125. The molecule has 1 heterocycles. The molecule has 0 amide bonds. The van der Waals surface area contributed by atoms with Crippen LogP contribution in [0.15, 0.2) is 12.1 Å². The van der Waals surface area contributed by atoms with Crippen LogP contribution in [-0.2, 0) is 17.9 Å². The van der Waals surface area contributed by atoms with Gasteiger partial charge in [0.2, 0.25) is 0 Å². The molecule has 3 nitrogen and oxygen atoms in total. The van der Waals surface area contributed by atoms with Gasteiger partial charge in [-0.05, 0) is 17.7 Å². The van der Waals surface area contributed by atoms with Crippen LogP contribution < -0.4 is 0 Å². The van der Waals surface area contributed by atoms with E-state index in [-0.39, 0.29) is 11.3 Å². The van der Waals surface area contributed by atoms with Crippen molar-refractivity contribution in [2.24, 2.45) is 0 Å². The molecule has 15 heavy (non-hydrogen) atoms. The van der Waals surface area contributed by atoms with Crippen molar-refractivity contribution in [1.82, 2.24) is 4.98 Å². The molecule has 0 radical (unpaired) electrons. The lowest BCUT2D eigenvalue weighted by atomic mass is 10.1. The molecule has 0 fully saturated rings. The Bertz CT molecular complexity index is 368. The molecule has 0 saturated carbocycles. The number of pyridine rings is 1. The highest BCUT2D eigenvalue weighted by Gasteiger charge is 2.13. The van der Waals surface area contributed by atoms with Gasteiger partial charge in [0, 0.05) is 0 Å². The van der Waals surface area contributed by atoms with Gasteiger partial charge in [0.25, 0.3) is 6.43 Å². The third kappa shape index (κ3) is 3.23. The number of alkyl halides is 3. The van der Waals surface area contributed by atoms with E-state index in [2.05, 4.69) is 4.98 Å². The Hall–Kier alpha value is -1.59. The van der Waals surface area contributed by atoms with Gasteiger partial charge in [-0.3, -0.25) is 4.79 Å². The zero-order chi connectivity index (χ0) is 11.4. The van der Waals surface area contributed by atoms with Crippen LogP contribution in [0, 0.1) is 0 Å². The molecule has 0 atom stereocenters. The number of carboxylic acid groups (broad SMARTS) is 1. The predicted octanol–water partition coefficient (Wildman–Crippen LogP) is 2.12. The van der Waals surface area contributed by atoms with Gasteiger partial charge in [0.15, 0.2) is 0 Å². The Balaban J connectivity index is 3.05. The SMILES string of the molecule is O=C(O)Cc1cc(CF)nc(C(F)F)c1. The second-order valence-corrected chi connectivity index (χ2v) is 2.90. The maximum absolute atomic E-state index is 12.3. The van der Waals surface area contributed by atoms with E-state index in [9.17, 15) is 18.0 Å². The first-order valence-corrected chi connectivity index (χ1v) is 4.08. The van der Waals surface area contributed by atoms with E-state index < -0.39 is 31.2 Å². The summed E-state index contributed by atoms with van der Waals surface area (Å²) >= 11 is 0. The van der Waals surface area contributed by atoms with Gasteiger partial charge in [-0.15, -0.1) is 0 Å². The molecule has 82 valence electrons. The van der Waals surface area contributed by atoms with Crippen molar-refractivity contribution in [3.05, 3.63) is 29.1 Å². The second-order valence-electron chi connectivity index (χ2n) is 2.90. The Morgan fingerprint density at radius 1 is 1.47 bits per heavy atom. The second kappa shape index (κ2) is 4.77. The fourth-order valence-corrected chi connectivity index (χ4v) is 1.13. The van der Waals surface area contributed by atoms with Crippen molar-refractivity contribution in [2.45, 2.75) is 19.5 Å². The van der Waals surface area contributed by atoms with E-state index in [1.54, 1.807) is 0 Å². The smallest absolute Gasteiger partial charge is 0.307 e. The number of rotatable bonds is 4. The zero-order valence-corrected chi connectivity index (χ0v) is 7.58. The first-order valence-electron chi connectivity index (χ1n) is 4.08. The topological polar surface area (TPSA) is 50.2 Å². The number of carboxylic acids is 1. The molecule has 0 unspecified atom stereocenters. The third-order valence-corrected chi connectivity index (χ3v) is 1.67. The quantitative estimate of drug-likeness (QED) is 0.843. The molecular weight excluding hydrogens is 211 g/mol. The minimum Gasteiger partial charge on any atom is -0.481 e. The lowest BCUT2D eigenvalue weighted by Crippen LogP contribution is -2.04. The summed E-state index contributed by atoms with van der Waals surface area (Å²) in [5.41, 5.74) is -0.647. The van der Waals surface area contributed by atoms with Crippen molar-refractivity contribution in [3.8, 4) is 0 Å². The highest BCUT2D eigenvalue weighted by atomic mass is 19.3. The standard InChI is InChI=1S/C9H8F3NO2/c10-4-6-1-5(3-8(14)15)2-7(13-6)9(11)12/h1-2,9H,3-4H2,(H,14,15). The molecule has 1 rings (SSSR count). The molecule has 0 bridgehead atoms. The van der Waals surface area contributed by atoms with E-state index >= 15 is 0 Å². The van der Waals surface area contributed by atoms with E-state index in [4.69, 9.17) is 5.11 Å². The molecule has 1 aromatic rings. The van der Waals surface area contributed by atoms with Crippen LogP contribution in [0.5, 0.6) is 0 Å². The van der Waals surface area contributed by atoms with Crippen LogP contribution in [0.1, 0.15) is 23.4 Å². The Labute approximate surface area is 83.6 Å². The van der Waals surface area contributed by atoms with Crippen molar-refractivity contribution in [1.29, 1.82) is 0 Å². The van der Waals surface area contributed by atoms with Crippen LogP contribution in [0.2, 0.25) is 0 Å². The number of hydrogen-bond donors (Lipinski definition) is 1. The van der Waals surface area contributed by atoms with Gasteiger partial charge < -0.3 is 5.11 Å². The van der Waals surface area contributed by atoms with Crippen LogP contribution in [-0.4, -0.2) is 16.1 Å². The first kappa shape index (κ1) is 11.5. The molecular formula is C9H8F3NO2. The average molecular weight is 219 g/mol. The molecule has 0 aliphatic carbocycles. The fraction of sp³-hybridized carbons (Fsp3) is 0.333. The average Bonchev–Trinajstić information content (AvgIpc) is 2.16. The Morgan fingerprint density at radius 2 is 2.13 bits per heavy atom. The number of hydrogen-bond acceptors (Lipinski definition) is 2. The van der Waals surface area contributed by atoms with E-state index in [0.29, 0.717) is 0 Å². The van der Waals surface area contributed by atoms with Crippen molar-refractivity contribution in [3.63, 3.8) is 0 Å². The maximum atomic E-state index is 12.3. The van der Waals surface area contributed by atoms with Gasteiger partial charge in [-0.1, -0.05) is 0 Å². The number of aromatic nitrogens is 1. The monoisotopic (exact) mass is 219 g/mol. The molecule has 0 aromatic carbocycles. The number of nitrogens with zero attached hydrogens (tertiary/aromatic N) is 1. The maximum Gasteiger partial charge on any atom is 0.307 e. The summed E-state index contributed by atoms with van der Waals surface area (Å²) in [6.07, 6.45) is -3.25. The van der Waals surface area contributed by atoms with Gasteiger partial charge in [-0.25, -0.2) is 18.2 Å². The summed E-state index contributed by atoms with van der Waals surface area (Å²) in [6.45, 7) is -0.993. The first-order chi connectivity index (χ1) is 7.02. The summed E-state index contributed by atoms with van der Waals surface area (Å²) in [4.78, 5) is 13.7. The van der Waals surface area contributed by atoms with E-state index in [1.807, 2.05) is 0 Å². The van der Waals surface area contributed by atoms with E-state index in [0.717, 1.165) is 6.07 Å². The van der Waals surface area contributed by atoms with Crippen LogP contribution >= 0.6 is 0 Å². The Kier molecular flexibility index (Phi) is 3.65. The molecule has 1 N–H and O–H groups in total. The number of halogens is 3. The largest absolute Gasteiger partial charge is 0.481 e. The van der Waals surface area contributed by atoms with Crippen molar-refractivity contribution in [2.75, 3.05) is 0 Å². The molecule has 6 heteroatoms.